The summed E-state index contributed by atoms with van der Waals surface area (Å²) in [6.45, 7) is 4.24. The van der Waals surface area contributed by atoms with Gasteiger partial charge in [-0.3, -0.25) is 4.79 Å². The van der Waals surface area contributed by atoms with E-state index in [2.05, 4.69) is 10.3 Å². The standard InChI is InChI=1S/C22H24FN3O2/c1-15-4-5-16(2)19(14-15)28-13-10-20(27)25-21(22-24-11-12-26(22)3)17-6-8-18(23)9-7-17/h4-9,11-12,14,21H,10,13H2,1-3H3,(H,25,27). The number of ether oxygens (including phenoxy) is 1. The van der Waals surface area contributed by atoms with Crippen molar-refractivity contribution in [2.45, 2.75) is 26.3 Å². The number of aryl methyl sites for hydroxylation is 3. The van der Waals surface area contributed by atoms with E-state index in [1.165, 1.54) is 12.1 Å². The van der Waals surface area contributed by atoms with Crippen molar-refractivity contribution in [3.63, 3.8) is 0 Å². The summed E-state index contributed by atoms with van der Waals surface area (Å²) >= 11 is 0. The molecule has 0 radical (unpaired) electrons. The van der Waals surface area contributed by atoms with Crippen LogP contribution in [0.4, 0.5) is 4.39 Å². The van der Waals surface area contributed by atoms with E-state index < -0.39 is 6.04 Å². The molecule has 0 aliphatic rings. The van der Waals surface area contributed by atoms with Gasteiger partial charge in [-0.05, 0) is 48.7 Å². The van der Waals surface area contributed by atoms with E-state index >= 15 is 0 Å². The summed E-state index contributed by atoms with van der Waals surface area (Å²) in [4.78, 5) is 16.9. The van der Waals surface area contributed by atoms with Gasteiger partial charge in [0.25, 0.3) is 0 Å². The Morgan fingerprint density at radius 2 is 1.96 bits per heavy atom. The summed E-state index contributed by atoms with van der Waals surface area (Å²) in [5, 5.41) is 2.98. The van der Waals surface area contributed by atoms with E-state index in [0.29, 0.717) is 5.82 Å². The molecular weight excluding hydrogens is 357 g/mol. The van der Waals surface area contributed by atoms with Crippen LogP contribution in [0, 0.1) is 19.7 Å². The van der Waals surface area contributed by atoms with E-state index in [-0.39, 0.29) is 24.8 Å². The fourth-order valence-electron chi connectivity index (χ4n) is 2.96. The summed E-state index contributed by atoms with van der Waals surface area (Å²) in [6.07, 6.45) is 3.68. The van der Waals surface area contributed by atoms with Crippen molar-refractivity contribution in [1.29, 1.82) is 0 Å². The molecule has 0 aliphatic carbocycles. The number of amides is 1. The lowest BCUT2D eigenvalue weighted by molar-refractivity contribution is -0.122. The summed E-state index contributed by atoms with van der Waals surface area (Å²) < 4.78 is 20.9. The highest BCUT2D eigenvalue weighted by Gasteiger charge is 2.20. The van der Waals surface area contributed by atoms with E-state index in [1.807, 2.05) is 49.9 Å². The van der Waals surface area contributed by atoms with Gasteiger partial charge in [-0.15, -0.1) is 0 Å². The molecule has 1 N–H and O–H groups in total. The molecule has 28 heavy (non-hydrogen) atoms. The Labute approximate surface area is 164 Å². The first kappa shape index (κ1) is 19.6. The average molecular weight is 381 g/mol. The SMILES string of the molecule is Cc1ccc(C)c(OCCC(=O)NC(c2ccc(F)cc2)c2nccn2C)c1. The van der Waals surface area contributed by atoms with Crippen LogP contribution in [0.5, 0.6) is 5.75 Å². The number of carbonyl (C=O) groups excluding carboxylic acids is 1. The minimum Gasteiger partial charge on any atom is -0.493 e. The zero-order chi connectivity index (χ0) is 20.1. The Morgan fingerprint density at radius 1 is 1.21 bits per heavy atom. The summed E-state index contributed by atoms with van der Waals surface area (Å²) in [5.41, 5.74) is 2.90. The molecular formula is C22H24FN3O2. The minimum absolute atomic E-state index is 0.164. The largest absolute Gasteiger partial charge is 0.493 e. The number of halogens is 1. The third kappa shape index (κ3) is 4.76. The first-order valence-corrected chi connectivity index (χ1v) is 9.16. The number of rotatable bonds is 7. The molecule has 0 saturated carbocycles. The minimum atomic E-state index is -0.464. The maximum atomic E-state index is 13.3. The van der Waals surface area contributed by atoms with Crippen LogP contribution in [-0.2, 0) is 11.8 Å². The number of hydrogen-bond acceptors (Lipinski definition) is 3. The molecule has 3 rings (SSSR count). The van der Waals surface area contributed by atoms with Crippen LogP contribution in [0.2, 0.25) is 0 Å². The Balaban J connectivity index is 1.67. The lowest BCUT2D eigenvalue weighted by atomic mass is 10.1. The molecule has 0 saturated heterocycles. The fraction of sp³-hybridized carbons (Fsp3) is 0.273. The molecule has 3 aromatic rings. The van der Waals surface area contributed by atoms with Gasteiger partial charge in [0.05, 0.1) is 13.0 Å². The molecule has 1 unspecified atom stereocenters. The van der Waals surface area contributed by atoms with Crippen molar-refractivity contribution in [1.82, 2.24) is 14.9 Å². The second kappa shape index (κ2) is 8.69. The van der Waals surface area contributed by atoms with Crippen LogP contribution >= 0.6 is 0 Å². The van der Waals surface area contributed by atoms with E-state index in [9.17, 15) is 9.18 Å². The number of nitrogens with one attached hydrogen (secondary N) is 1. The van der Waals surface area contributed by atoms with Crippen LogP contribution in [-0.4, -0.2) is 22.1 Å². The number of imidazole rings is 1. The molecule has 146 valence electrons. The van der Waals surface area contributed by atoms with Crippen molar-refractivity contribution >= 4 is 5.91 Å². The highest BCUT2D eigenvalue weighted by Crippen LogP contribution is 2.22. The number of benzene rings is 2. The predicted octanol–water partition coefficient (Wildman–Crippen LogP) is 3.85. The number of nitrogens with zero attached hydrogens (tertiary/aromatic N) is 2. The highest BCUT2D eigenvalue weighted by molar-refractivity contribution is 5.77. The van der Waals surface area contributed by atoms with Crippen LogP contribution in [0.25, 0.3) is 0 Å². The van der Waals surface area contributed by atoms with Crippen LogP contribution < -0.4 is 10.1 Å². The predicted molar refractivity (Wildman–Crippen MR) is 106 cm³/mol. The van der Waals surface area contributed by atoms with E-state index in [0.717, 1.165) is 22.4 Å². The van der Waals surface area contributed by atoms with Crippen LogP contribution in [0.1, 0.15) is 35.0 Å². The van der Waals surface area contributed by atoms with Gasteiger partial charge >= 0.3 is 0 Å². The second-order valence-electron chi connectivity index (χ2n) is 6.82. The Hall–Kier alpha value is -3.15. The molecule has 0 bridgehead atoms. The topological polar surface area (TPSA) is 56.1 Å². The summed E-state index contributed by atoms with van der Waals surface area (Å²) in [6, 6.07) is 11.6. The Bertz CT molecular complexity index is 951. The molecule has 0 spiro atoms. The molecule has 0 aliphatic heterocycles. The van der Waals surface area contributed by atoms with Gasteiger partial charge in [0.1, 0.15) is 23.4 Å². The monoisotopic (exact) mass is 381 g/mol. The van der Waals surface area contributed by atoms with Crippen molar-refractivity contribution < 1.29 is 13.9 Å². The lowest BCUT2D eigenvalue weighted by Crippen LogP contribution is -2.32. The van der Waals surface area contributed by atoms with Gasteiger partial charge < -0.3 is 14.6 Å². The maximum Gasteiger partial charge on any atom is 0.224 e. The van der Waals surface area contributed by atoms with Crippen molar-refractivity contribution in [2.75, 3.05) is 6.61 Å². The quantitative estimate of drug-likeness (QED) is 0.676. The molecule has 2 aromatic carbocycles. The van der Waals surface area contributed by atoms with Gasteiger partial charge in [0, 0.05) is 19.4 Å². The van der Waals surface area contributed by atoms with Crippen molar-refractivity contribution in [2.24, 2.45) is 7.05 Å². The van der Waals surface area contributed by atoms with Crippen molar-refractivity contribution in [3.05, 3.63) is 83.2 Å². The van der Waals surface area contributed by atoms with E-state index in [1.54, 1.807) is 18.3 Å². The van der Waals surface area contributed by atoms with Crippen LogP contribution in [0.15, 0.2) is 54.9 Å². The Kier molecular flexibility index (Phi) is 6.09. The zero-order valence-corrected chi connectivity index (χ0v) is 16.3. The third-order valence-corrected chi connectivity index (χ3v) is 4.56. The smallest absolute Gasteiger partial charge is 0.224 e. The average Bonchev–Trinajstić information content (AvgIpc) is 3.09. The fourth-order valence-corrected chi connectivity index (χ4v) is 2.96. The molecule has 1 heterocycles. The normalized spacial score (nSPS) is 11.9. The molecule has 1 aromatic heterocycles. The molecule has 0 fully saturated rings. The molecule has 1 amide bonds. The van der Waals surface area contributed by atoms with Gasteiger partial charge in [0.2, 0.25) is 5.91 Å². The van der Waals surface area contributed by atoms with Crippen molar-refractivity contribution in [3.8, 4) is 5.75 Å². The highest BCUT2D eigenvalue weighted by atomic mass is 19.1. The van der Waals surface area contributed by atoms with E-state index in [4.69, 9.17) is 4.74 Å². The number of aromatic nitrogens is 2. The van der Waals surface area contributed by atoms with Gasteiger partial charge in [-0.25, -0.2) is 9.37 Å². The third-order valence-electron chi connectivity index (χ3n) is 4.56. The summed E-state index contributed by atoms with van der Waals surface area (Å²) in [7, 11) is 1.86. The van der Waals surface area contributed by atoms with Crippen LogP contribution in [0.3, 0.4) is 0 Å². The van der Waals surface area contributed by atoms with Gasteiger partial charge in [-0.2, -0.15) is 0 Å². The first-order chi connectivity index (χ1) is 13.4. The Morgan fingerprint density at radius 3 is 2.64 bits per heavy atom. The first-order valence-electron chi connectivity index (χ1n) is 9.16. The van der Waals surface area contributed by atoms with Gasteiger partial charge in [0.15, 0.2) is 0 Å². The molecule has 6 heteroatoms. The number of hydrogen-bond donors (Lipinski definition) is 1. The van der Waals surface area contributed by atoms with Gasteiger partial charge in [-0.1, -0.05) is 24.3 Å². The second-order valence-corrected chi connectivity index (χ2v) is 6.82. The zero-order valence-electron chi connectivity index (χ0n) is 16.3. The molecule has 1 atom stereocenters. The maximum absolute atomic E-state index is 13.3. The molecule has 5 nitrogen and oxygen atoms in total. The number of carbonyl (C=O) groups is 1. The lowest BCUT2D eigenvalue weighted by Gasteiger charge is -2.19. The summed E-state index contributed by atoms with van der Waals surface area (Å²) in [5.74, 6) is 0.973.